The number of carboxylic acid groups (broad SMARTS) is 1. The molecule has 2 N–H and O–H groups in total. The number of piperazine rings is 1. The topological polar surface area (TPSA) is 150 Å². The number of aliphatic imine (C=N–C) groups is 1. The van der Waals surface area contributed by atoms with Gasteiger partial charge in [-0.2, -0.15) is 0 Å². The van der Waals surface area contributed by atoms with Crippen molar-refractivity contribution in [3.63, 3.8) is 0 Å². The Balaban J connectivity index is 1.45. The summed E-state index contributed by atoms with van der Waals surface area (Å²) in [5, 5.41) is 39.6. The van der Waals surface area contributed by atoms with Crippen LogP contribution in [0.15, 0.2) is 52.6 Å². The van der Waals surface area contributed by atoms with Gasteiger partial charge in [-0.1, -0.05) is 23.9 Å². The molecule has 0 saturated carbocycles. The number of fused-ring (bicyclic) bond motifs is 3. The molecule has 3 aromatic rings. The van der Waals surface area contributed by atoms with Crippen LogP contribution in [-0.4, -0.2) is 103 Å². The zero-order valence-corrected chi connectivity index (χ0v) is 23.7. The standard InChI is InChI=1S/C28H32FN7O5S/c29-22-5-2-1-4-20(22)26-21-18-19(36(40)41)6-8-24(21)35-27(23(30-26)7-9-25(38)39)31-32-28(35)42-17-3-10-33-11-13-34(14-12-33)15-16-37/h1-2,4-6,8,18,23,37H,3,7,9-17H2,(H,38,39)/t23-/m0/s1. The van der Waals surface area contributed by atoms with E-state index in [2.05, 4.69) is 20.0 Å². The highest BCUT2D eigenvalue weighted by Crippen LogP contribution is 2.37. The van der Waals surface area contributed by atoms with Gasteiger partial charge >= 0.3 is 5.97 Å². The van der Waals surface area contributed by atoms with Gasteiger partial charge in [-0.3, -0.25) is 29.4 Å². The van der Waals surface area contributed by atoms with Crippen molar-refractivity contribution >= 4 is 29.1 Å². The fraction of sp³-hybridized carbons (Fsp3) is 0.429. The van der Waals surface area contributed by atoms with Gasteiger partial charge in [0.2, 0.25) is 0 Å². The molecule has 5 rings (SSSR count). The van der Waals surface area contributed by atoms with E-state index in [1.165, 1.54) is 30.0 Å². The van der Waals surface area contributed by atoms with E-state index in [1.54, 1.807) is 28.8 Å². The van der Waals surface area contributed by atoms with Crippen LogP contribution in [0.4, 0.5) is 10.1 Å². The third kappa shape index (κ3) is 6.67. The molecule has 0 unspecified atom stereocenters. The number of carbonyl (C=O) groups is 1. The Labute approximate surface area is 246 Å². The smallest absolute Gasteiger partial charge is 0.303 e. The minimum atomic E-state index is -1.01. The van der Waals surface area contributed by atoms with Gasteiger partial charge in [0.15, 0.2) is 11.0 Å². The summed E-state index contributed by atoms with van der Waals surface area (Å²) in [7, 11) is 0. The zero-order chi connectivity index (χ0) is 29.6. The van der Waals surface area contributed by atoms with Crippen molar-refractivity contribution in [3.05, 3.63) is 75.3 Å². The highest BCUT2D eigenvalue weighted by Gasteiger charge is 2.31. The molecule has 1 aromatic heterocycles. The van der Waals surface area contributed by atoms with Gasteiger partial charge in [0.05, 0.1) is 22.9 Å². The Kier molecular flexibility index (Phi) is 9.57. The highest BCUT2D eigenvalue weighted by atomic mass is 32.2. The van der Waals surface area contributed by atoms with E-state index in [0.29, 0.717) is 28.8 Å². The second-order valence-electron chi connectivity index (χ2n) is 10.1. The largest absolute Gasteiger partial charge is 0.481 e. The lowest BCUT2D eigenvalue weighted by Crippen LogP contribution is -2.47. The van der Waals surface area contributed by atoms with Crippen LogP contribution in [0.3, 0.4) is 0 Å². The van der Waals surface area contributed by atoms with E-state index in [0.717, 1.165) is 44.9 Å². The molecule has 2 aliphatic heterocycles. The number of β-amino-alcohol motifs (C(OH)–C–C–N with tert-alkyl or cyclic N) is 1. The van der Waals surface area contributed by atoms with Crippen LogP contribution in [0.2, 0.25) is 0 Å². The second-order valence-corrected chi connectivity index (χ2v) is 11.2. The first kappa shape index (κ1) is 29.8. The maximum Gasteiger partial charge on any atom is 0.303 e. The van der Waals surface area contributed by atoms with E-state index in [4.69, 9.17) is 10.1 Å². The lowest BCUT2D eigenvalue weighted by molar-refractivity contribution is -0.384. The molecule has 42 heavy (non-hydrogen) atoms. The molecule has 1 saturated heterocycles. The second kappa shape index (κ2) is 13.5. The van der Waals surface area contributed by atoms with Gasteiger partial charge < -0.3 is 15.1 Å². The number of halogens is 1. The normalized spacial score (nSPS) is 17.3. The summed E-state index contributed by atoms with van der Waals surface area (Å²) in [6.45, 7) is 5.51. The molecule has 0 bridgehead atoms. The SMILES string of the molecule is O=C(O)CC[C@@H]1N=C(c2ccccc2F)c2cc([N+](=O)[O-])ccc2-n2c(SCCCN3CCN(CCO)CC3)nnc21. The predicted octanol–water partition coefficient (Wildman–Crippen LogP) is 3.16. The third-order valence-corrected chi connectivity index (χ3v) is 8.44. The molecule has 3 heterocycles. The number of aliphatic hydroxyl groups is 1. The summed E-state index contributed by atoms with van der Waals surface area (Å²) < 4.78 is 16.9. The average molecular weight is 598 g/mol. The Morgan fingerprint density at radius 2 is 1.81 bits per heavy atom. The Hall–Kier alpha value is -3.72. The number of aliphatic carboxylic acids is 1. The van der Waals surface area contributed by atoms with Crippen molar-refractivity contribution in [1.29, 1.82) is 0 Å². The third-order valence-electron chi connectivity index (χ3n) is 7.42. The quantitative estimate of drug-likeness (QED) is 0.138. The molecule has 2 aliphatic rings. The van der Waals surface area contributed by atoms with Crippen molar-refractivity contribution in [2.45, 2.75) is 30.5 Å². The number of aliphatic hydroxyl groups excluding tert-OH is 1. The van der Waals surface area contributed by atoms with E-state index in [-0.39, 0.29) is 36.4 Å². The summed E-state index contributed by atoms with van der Waals surface area (Å²) in [6, 6.07) is 9.62. The number of non-ortho nitro benzene ring substituents is 1. The number of hydrogen-bond donors (Lipinski definition) is 2. The maximum absolute atomic E-state index is 15.1. The summed E-state index contributed by atoms with van der Waals surface area (Å²) in [5.74, 6) is -0.416. The van der Waals surface area contributed by atoms with E-state index in [1.807, 2.05) is 0 Å². The molecular weight excluding hydrogens is 565 g/mol. The number of nitrogens with zero attached hydrogens (tertiary/aromatic N) is 7. The molecule has 222 valence electrons. The molecule has 12 nitrogen and oxygen atoms in total. The van der Waals surface area contributed by atoms with Crippen LogP contribution in [0.25, 0.3) is 5.69 Å². The van der Waals surface area contributed by atoms with Gasteiger partial charge in [0.1, 0.15) is 11.9 Å². The summed E-state index contributed by atoms with van der Waals surface area (Å²) in [4.78, 5) is 32.1. The number of rotatable bonds is 12. The van der Waals surface area contributed by atoms with E-state index >= 15 is 4.39 Å². The van der Waals surface area contributed by atoms with Crippen LogP contribution >= 0.6 is 11.8 Å². The highest BCUT2D eigenvalue weighted by molar-refractivity contribution is 7.99. The first-order chi connectivity index (χ1) is 20.4. The number of aromatic nitrogens is 3. The van der Waals surface area contributed by atoms with Gasteiger partial charge in [-0.15, -0.1) is 10.2 Å². The van der Waals surface area contributed by atoms with Crippen LogP contribution in [0, 0.1) is 15.9 Å². The lowest BCUT2D eigenvalue weighted by atomic mass is 9.99. The van der Waals surface area contributed by atoms with Crippen molar-refractivity contribution in [2.75, 3.05) is 51.6 Å². The molecule has 0 amide bonds. The summed E-state index contributed by atoms with van der Waals surface area (Å²) in [6.07, 6.45) is 0.782. The number of nitro benzene ring substituents is 1. The van der Waals surface area contributed by atoms with Crippen LogP contribution in [-0.2, 0) is 4.79 Å². The molecular formula is C28H32FN7O5S. The Bertz CT molecular complexity index is 1470. The fourth-order valence-electron chi connectivity index (χ4n) is 5.27. The first-order valence-corrected chi connectivity index (χ1v) is 14.8. The van der Waals surface area contributed by atoms with Crippen molar-refractivity contribution in [2.24, 2.45) is 4.99 Å². The molecule has 1 atom stereocenters. The summed E-state index contributed by atoms with van der Waals surface area (Å²) in [5.41, 5.74) is 1.04. The fourth-order valence-corrected chi connectivity index (χ4v) is 6.15. The average Bonchev–Trinajstić information content (AvgIpc) is 3.34. The molecule has 0 aliphatic carbocycles. The van der Waals surface area contributed by atoms with Crippen molar-refractivity contribution in [1.82, 2.24) is 24.6 Å². The van der Waals surface area contributed by atoms with Gasteiger partial charge in [0, 0.05) is 68.2 Å². The van der Waals surface area contributed by atoms with Crippen LogP contribution < -0.4 is 0 Å². The van der Waals surface area contributed by atoms with Crippen molar-refractivity contribution in [3.8, 4) is 5.69 Å². The first-order valence-electron chi connectivity index (χ1n) is 13.8. The lowest BCUT2D eigenvalue weighted by Gasteiger charge is -2.34. The van der Waals surface area contributed by atoms with E-state index in [9.17, 15) is 20.0 Å². The molecule has 14 heteroatoms. The number of carboxylic acids is 1. The molecule has 0 spiro atoms. The number of thioether (sulfide) groups is 1. The van der Waals surface area contributed by atoms with Crippen LogP contribution in [0.5, 0.6) is 0 Å². The van der Waals surface area contributed by atoms with E-state index < -0.39 is 22.8 Å². The summed E-state index contributed by atoms with van der Waals surface area (Å²) >= 11 is 1.49. The molecule has 2 aromatic carbocycles. The Morgan fingerprint density at radius 1 is 1.07 bits per heavy atom. The monoisotopic (exact) mass is 597 g/mol. The van der Waals surface area contributed by atoms with Crippen LogP contribution in [0.1, 0.15) is 42.3 Å². The molecule has 1 fully saturated rings. The molecule has 0 radical (unpaired) electrons. The minimum Gasteiger partial charge on any atom is -0.481 e. The predicted molar refractivity (Wildman–Crippen MR) is 155 cm³/mol. The number of benzene rings is 2. The van der Waals surface area contributed by atoms with Gasteiger partial charge in [-0.25, -0.2) is 4.39 Å². The Morgan fingerprint density at radius 3 is 2.50 bits per heavy atom. The van der Waals surface area contributed by atoms with Gasteiger partial charge in [0.25, 0.3) is 5.69 Å². The zero-order valence-electron chi connectivity index (χ0n) is 22.9. The van der Waals surface area contributed by atoms with Gasteiger partial charge in [-0.05, 0) is 37.6 Å². The van der Waals surface area contributed by atoms with Crippen molar-refractivity contribution < 1.29 is 24.3 Å². The maximum atomic E-state index is 15.1. The number of hydrogen-bond acceptors (Lipinski definition) is 10. The minimum absolute atomic E-state index is 0.0917. The number of nitro groups is 1.